The molecule has 1 saturated carbocycles. The summed E-state index contributed by atoms with van der Waals surface area (Å²) in [6, 6.07) is 4.49. The van der Waals surface area contributed by atoms with Crippen LogP contribution in [0.3, 0.4) is 0 Å². The fourth-order valence-corrected chi connectivity index (χ4v) is 1.83. The molecule has 1 amide bonds. The number of carbonyl (C=O) groups is 1. The molecule has 1 aliphatic rings. The summed E-state index contributed by atoms with van der Waals surface area (Å²) in [7, 11) is 3.05. The van der Waals surface area contributed by atoms with E-state index in [1.54, 1.807) is 13.1 Å². The van der Waals surface area contributed by atoms with Gasteiger partial charge in [-0.2, -0.15) is 0 Å². The molecule has 104 valence electrons. The fraction of sp³-hybridized carbons (Fsp3) is 0.500. The minimum Gasteiger partial charge on any atom is -0.494 e. The van der Waals surface area contributed by atoms with E-state index in [1.165, 1.54) is 37.0 Å². The number of benzene rings is 1. The molecular formula is C14H19FN2O2. The molecule has 5 heteroatoms. The van der Waals surface area contributed by atoms with Crippen LogP contribution in [0.25, 0.3) is 0 Å². The molecule has 1 aliphatic carbocycles. The number of nitrogens with one attached hydrogen (secondary N) is 1. The van der Waals surface area contributed by atoms with Crippen molar-refractivity contribution < 1.29 is 13.9 Å². The third-order valence-electron chi connectivity index (χ3n) is 3.30. The van der Waals surface area contributed by atoms with Crippen LogP contribution in [0.2, 0.25) is 0 Å². The Labute approximate surface area is 112 Å². The molecule has 0 atom stereocenters. The number of hydrogen-bond acceptors (Lipinski definition) is 3. The fourth-order valence-electron chi connectivity index (χ4n) is 1.83. The summed E-state index contributed by atoms with van der Waals surface area (Å²) in [4.78, 5) is 13.4. The van der Waals surface area contributed by atoms with Gasteiger partial charge in [-0.1, -0.05) is 0 Å². The Morgan fingerprint density at radius 3 is 2.84 bits per heavy atom. The van der Waals surface area contributed by atoms with Gasteiger partial charge in [0.25, 0.3) is 0 Å². The molecule has 1 aromatic rings. The summed E-state index contributed by atoms with van der Waals surface area (Å²) in [6.07, 6.45) is 2.50. The first-order valence-corrected chi connectivity index (χ1v) is 6.42. The van der Waals surface area contributed by atoms with Crippen molar-refractivity contribution in [1.29, 1.82) is 0 Å². The lowest BCUT2D eigenvalue weighted by Crippen LogP contribution is -2.36. The van der Waals surface area contributed by atoms with E-state index in [9.17, 15) is 9.18 Å². The number of halogens is 1. The standard InChI is InChI=1S/C14H19FN2O2/c1-17(14(18)9-16-8-10-3-4-10)11-5-6-13(19-2)12(15)7-11/h5-7,10,16H,3-4,8-9H2,1-2H3. The smallest absolute Gasteiger partial charge is 0.240 e. The Kier molecular flexibility index (Phi) is 4.37. The normalized spacial score (nSPS) is 14.3. The van der Waals surface area contributed by atoms with Crippen LogP contribution >= 0.6 is 0 Å². The number of amides is 1. The number of methoxy groups -OCH3 is 1. The Bertz CT molecular complexity index is 461. The number of carbonyl (C=O) groups excluding carboxylic acids is 1. The second kappa shape index (κ2) is 6.02. The molecule has 0 radical (unpaired) electrons. The van der Waals surface area contributed by atoms with Gasteiger partial charge in [-0.25, -0.2) is 4.39 Å². The highest BCUT2D eigenvalue weighted by atomic mass is 19.1. The molecule has 0 aliphatic heterocycles. The maximum absolute atomic E-state index is 13.6. The molecule has 1 N–H and O–H groups in total. The van der Waals surface area contributed by atoms with Crippen molar-refractivity contribution in [2.75, 3.05) is 32.1 Å². The molecule has 19 heavy (non-hydrogen) atoms. The van der Waals surface area contributed by atoms with E-state index in [2.05, 4.69) is 5.32 Å². The van der Waals surface area contributed by atoms with Crippen LogP contribution in [-0.2, 0) is 4.79 Å². The van der Waals surface area contributed by atoms with Crippen LogP contribution in [0.5, 0.6) is 5.75 Å². The highest BCUT2D eigenvalue weighted by Crippen LogP contribution is 2.27. The predicted molar refractivity (Wildman–Crippen MR) is 72.0 cm³/mol. The summed E-state index contributed by atoms with van der Waals surface area (Å²) >= 11 is 0. The molecule has 0 bridgehead atoms. The van der Waals surface area contributed by atoms with Crippen molar-refractivity contribution in [1.82, 2.24) is 5.32 Å². The van der Waals surface area contributed by atoms with Gasteiger partial charge >= 0.3 is 0 Å². The first-order chi connectivity index (χ1) is 9.11. The molecule has 0 heterocycles. The lowest BCUT2D eigenvalue weighted by molar-refractivity contribution is -0.117. The highest BCUT2D eigenvalue weighted by Gasteiger charge is 2.21. The van der Waals surface area contributed by atoms with Gasteiger partial charge in [0.05, 0.1) is 13.7 Å². The van der Waals surface area contributed by atoms with Crippen LogP contribution in [0.1, 0.15) is 12.8 Å². The highest BCUT2D eigenvalue weighted by molar-refractivity contribution is 5.94. The Hall–Kier alpha value is -1.62. The predicted octanol–water partition coefficient (Wildman–Crippen LogP) is 1.80. The lowest BCUT2D eigenvalue weighted by Gasteiger charge is -2.18. The summed E-state index contributed by atoms with van der Waals surface area (Å²) < 4.78 is 18.4. The Balaban J connectivity index is 1.91. The van der Waals surface area contributed by atoms with E-state index in [0.29, 0.717) is 5.69 Å². The number of likely N-dealkylation sites (N-methyl/N-ethyl adjacent to an activating group) is 1. The quantitative estimate of drug-likeness (QED) is 0.853. The molecule has 0 spiro atoms. The average Bonchev–Trinajstić information content (AvgIpc) is 3.21. The van der Waals surface area contributed by atoms with Gasteiger partial charge in [-0.3, -0.25) is 4.79 Å². The molecule has 1 fully saturated rings. The van der Waals surface area contributed by atoms with E-state index in [1.807, 2.05) is 0 Å². The van der Waals surface area contributed by atoms with Gasteiger partial charge in [0.1, 0.15) is 0 Å². The molecular weight excluding hydrogens is 247 g/mol. The summed E-state index contributed by atoms with van der Waals surface area (Å²) in [5, 5.41) is 3.13. The molecule has 1 aromatic carbocycles. The van der Waals surface area contributed by atoms with Crippen molar-refractivity contribution in [3.8, 4) is 5.75 Å². The zero-order valence-corrected chi connectivity index (χ0v) is 11.3. The zero-order chi connectivity index (χ0) is 13.8. The summed E-state index contributed by atoms with van der Waals surface area (Å²) in [5.41, 5.74) is 0.525. The van der Waals surface area contributed by atoms with Crippen LogP contribution in [-0.4, -0.2) is 33.2 Å². The molecule has 0 aromatic heterocycles. The van der Waals surface area contributed by atoms with E-state index in [-0.39, 0.29) is 18.2 Å². The number of hydrogen-bond donors (Lipinski definition) is 1. The zero-order valence-electron chi connectivity index (χ0n) is 11.3. The van der Waals surface area contributed by atoms with Crippen molar-refractivity contribution in [2.45, 2.75) is 12.8 Å². The van der Waals surface area contributed by atoms with E-state index in [4.69, 9.17) is 4.74 Å². The molecule has 0 unspecified atom stereocenters. The lowest BCUT2D eigenvalue weighted by atomic mass is 10.2. The number of nitrogens with zero attached hydrogens (tertiary/aromatic N) is 1. The number of rotatable bonds is 6. The maximum atomic E-state index is 13.6. The topological polar surface area (TPSA) is 41.6 Å². The van der Waals surface area contributed by atoms with Gasteiger partial charge in [0, 0.05) is 18.8 Å². The molecule has 2 rings (SSSR count). The Morgan fingerprint density at radius 2 is 2.26 bits per heavy atom. The monoisotopic (exact) mass is 266 g/mol. The minimum absolute atomic E-state index is 0.0785. The van der Waals surface area contributed by atoms with Crippen LogP contribution in [0.15, 0.2) is 18.2 Å². The van der Waals surface area contributed by atoms with Crippen molar-refractivity contribution >= 4 is 11.6 Å². The Morgan fingerprint density at radius 1 is 1.53 bits per heavy atom. The number of anilines is 1. The van der Waals surface area contributed by atoms with Gasteiger partial charge in [0.2, 0.25) is 5.91 Å². The van der Waals surface area contributed by atoms with Gasteiger partial charge in [-0.05, 0) is 37.4 Å². The minimum atomic E-state index is -0.467. The summed E-state index contributed by atoms with van der Waals surface area (Å²) in [5.74, 6) is 0.365. The number of ether oxygens (including phenoxy) is 1. The van der Waals surface area contributed by atoms with E-state index in [0.717, 1.165) is 12.5 Å². The molecule has 0 saturated heterocycles. The van der Waals surface area contributed by atoms with Crippen LogP contribution < -0.4 is 15.0 Å². The van der Waals surface area contributed by atoms with Gasteiger partial charge in [0.15, 0.2) is 11.6 Å². The first kappa shape index (κ1) is 13.8. The van der Waals surface area contributed by atoms with E-state index >= 15 is 0 Å². The average molecular weight is 266 g/mol. The maximum Gasteiger partial charge on any atom is 0.240 e. The van der Waals surface area contributed by atoms with Gasteiger partial charge < -0.3 is 15.0 Å². The van der Waals surface area contributed by atoms with Crippen molar-refractivity contribution in [3.05, 3.63) is 24.0 Å². The second-order valence-electron chi connectivity index (χ2n) is 4.85. The SMILES string of the molecule is COc1ccc(N(C)C(=O)CNCC2CC2)cc1F. The third kappa shape index (κ3) is 3.67. The van der Waals surface area contributed by atoms with E-state index < -0.39 is 5.82 Å². The summed E-state index contributed by atoms with van der Waals surface area (Å²) in [6.45, 7) is 1.16. The van der Waals surface area contributed by atoms with Gasteiger partial charge in [-0.15, -0.1) is 0 Å². The van der Waals surface area contributed by atoms with Crippen LogP contribution in [0, 0.1) is 11.7 Å². The third-order valence-corrected chi connectivity index (χ3v) is 3.30. The van der Waals surface area contributed by atoms with Crippen molar-refractivity contribution in [3.63, 3.8) is 0 Å². The van der Waals surface area contributed by atoms with Crippen molar-refractivity contribution in [2.24, 2.45) is 5.92 Å². The van der Waals surface area contributed by atoms with Crippen LogP contribution in [0.4, 0.5) is 10.1 Å². The second-order valence-corrected chi connectivity index (χ2v) is 4.85. The largest absolute Gasteiger partial charge is 0.494 e. The molecule has 4 nitrogen and oxygen atoms in total. The first-order valence-electron chi connectivity index (χ1n) is 6.42.